The summed E-state index contributed by atoms with van der Waals surface area (Å²) in [6, 6.07) is 13.1. The van der Waals surface area contributed by atoms with Gasteiger partial charge in [0.05, 0.1) is 19.8 Å². The number of benzene rings is 2. The first kappa shape index (κ1) is 16.5. The van der Waals surface area contributed by atoms with E-state index in [4.69, 9.17) is 4.74 Å². The fourth-order valence-electron chi connectivity index (χ4n) is 2.91. The number of halogens is 1. The molecule has 1 fully saturated rings. The van der Waals surface area contributed by atoms with Crippen LogP contribution in [0.25, 0.3) is 0 Å². The molecule has 1 aliphatic rings. The Morgan fingerprint density at radius 2 is 1.92 bits per heavy atom. The second-order valence-corrected chi connectivity index (χ2v) is 6.02. The monoisotopic (exact) mass is 329 g/mol. The number of ether oxygens (including phenoxy) is 1. The molecular weight excluding hydrogens is 309 g/mol. The number of carbonyl (C=O) groups excluding carboxylic acids is 1. The predicted octanol–water partition coefficient (Wildman–Crippen LogP) is 2.79. The molecule has 3 unspecified atom stereocenters. The molecule has 0 spiro atoms. The molecule has 5 heteroatoms. The van der Waals surface area contributed by atoms with Gasteiger partial charge in [0.15, 0.2) is 0 Å². The van der Waals surface area contributed by atoms with Crippen molar-refractivity contribution < 1.29 is 19.0 Å². The van der Waals surface area contributed by atoms with Crippen molar-refractivity contribution >= 4 is 5.91 Å². The lowest BCUT2D eigenvalue weighted by Gasteiger charge is -2.17. The van der Waals surface area contributed by atoms with Gasteiger partial charge in [-0.15, -0.1) is 0 Å². The van der Waals surface area contributed by atoms with Gasteiger partial charge in [0.1, 0.15) is 11.6 Å². The van der Waals surface area contributed by atoms with E-state index in [0.29, 0.717) is 0 Å². The topological polar surface area (TPSA) is 58.6 Å². The van der Waals surface area contributed by atoms with Crippen LogP contribution in [0.4, 0.5) is 4.39 Å². The van der Waals surface area contributed by atoms with Crippen molar-refractivity contribution in [3.63, 3.8) is 0 Å². The Hall–Kier alpha value is -2.40. The van der Waals surface area contributed by atoms with Crippen molar-refractivity contribution in [1.29, 1.82) is 0 Å². The number of hydrogen-bond acceptors (Lipinski definition) is 3. The van der Waals surface area contributed by atoms with Crippen LogP contribution in [0.1, 0.15) is 29.5 Å². The molecule has 0 heterocycles. The molecule has 1 amide bonds. The summed E-state index contributed by atoms with van der Waals surface area (Å²) in [6.45, 7) is -0.175. The third-order valence-corrected chi connectivity index (χ3v) is 4.44. The number of aliphatic hydroxyl groups excluding tert-OH is 1. The molecule has 0 aliphatic heterocycles. The van der Waals surface area contributed by atoms with Crippen molar-refractivity contribution in [2.75, 3.05) is 13.7 Å². The number of aliphatic hydroxyl groups is 1. The van der Waals surface area contributed by atoms with Crippen LogP contribution in [0.2, 0.25) is 0 Å². The normalized spacial score (nSPS) is 20.3. The van der Waals surface area contributed by atoms with Gasteiger partial charge >= 0.3 is 0 Å². The molecule has 24 heavy (non-hydrogen) atoms. The van der Waals surface area contributed by atoms with Crippen LogP contribution in [-0.2, 0) is 4.79 Å². The van der Waals surface area contributed by atoms with Crippen LogP contribution < -0.4 is 10.1 Å². The number of carbonyl (C=O) groups is 1. The van der Waals surface area contributed by atoms with Crippen molar-refractivity contribution in [3.05, 3.63) is 65.5 Å². The van der Waals surface area contributed by atoms with Crippen LogP contribution in [0, 0.1) is 11.7 Å². The molecule has 2 aromatic rings. The van der Waals surface area contributed by atoms with Crippen LogP contribution in [0.3, 0.4) is 0 Å². The zero-order chi connectivity index (χ0) is 17.1. The molecule has 0 bridgehead atoms. The van der Waals surface area contributed by atoms with Gasteiger partial charge in [-0.1, -0.05) is 24.3 Å². The van der Waals surface area contributed by atoms with Gasteiger partial charge in [-0.3, -0.25) is 4.79 Å². The van der Waals surface area contributed by atoms with E-state index in [1.165, 1.54) is 12.1 Å². The highest BCUT2D eigenvalue weighted by molar-refractivity contribution is 5.83. The highest BCUT2D eigenvalue weighted by Crippen LogP contribution is 2.47. The van der Waals surface area contributed by atoms with E-state index in [2.05, 4.69) is 5.32 Å². The maximum Gasteiger partial charge on any atom is 0.224 e. The fraction of sp³-hybridized carbons (Fsp3) is 0.316. The third-order valence-electron chi connectivity index (χ3n) is 4.44. The first-order chi connectivity index (χ1) is 11.6. The van der Waals surface area contributed by atoms with Crippen LogP contribution in [-0.4, -0.2) is 24.7 Å². The molecule has 2 N–H and O–H groups in total. The van der Waals surface area contributed by atoms with E-state index in [9.17, 15) is 14.3 Å². The standard InChI is InChI=1S/C19H20FNO3/c1-24-15-8-4-13(5-9-15)18(11-22)21-19(23)17-10-16(17)12-2-6-14(20)7-3-12/h2-9,16-18,22H,10-11H2,1H3,(H,21,23). The van der Waals surface area contributed by atoms with Crippen molar-refractivity contribution in [1.82, 2.24) is 5.32 Å². The van der Waals surface area contributed by atoms with Gasteiger partial charge in [-0.25, -0.2) is 4.39 Å². The van der Waals surface area contributed by atoms with Gasteiger partial charge in [0, 0.05) is 5.92 Å². The maximum absolute atomic E-state index is 13.0. The Balaban J connectivity index is 1.62. The van der Waals surface area contributed by atoms with Gasteiger partial charge in [0.2, 0.25) is 5.91 Å². The highest BCUT2D eigenvalue weighted by atomic mass is 19.1. The lowest BCUT2D eigenvalue weighted by molar-refractivity contribution is -0.123. The van der Waals surface area contributed by atoms with Gasteiger partial charge in [-0.2, -0.15) is 0 Å². The molecule has 126 valence electrons. The number of nitrogens with one attached hydrogen (secondary N) is 1. The van der Waals surface area contributed by atoms with Crippen molar-refractivity contribution in [2.24, 2.45) is 5.92 Å². The average Bonchev–Trinajstić information content (AvgIpc) is 3.41. The summed E-state index contributed by atoms with van der Waals surface area (Å²) < 4.78 is 18.1. The molecule has 0 saturated heterocycles. The minimum absolute atomic E-state index is 0.0841. The second kappa shape index (κ2) is 7.01. The van der Waals surface area contributed by atoms with Crippen molar-refractivity contribution in [2.45, 2.75) is 18.4 Å². The minimum Gasteiger partial charge on any atom is -0.497 e. The van der Waals surface area contributed by atoms with E-state index in [-0.39, 0.29) is 30.2 Å². The summed E-state index contributed by atoms with van der Waals surface area (Å²) in [6.07, 6.45) is 0.748. The predicted molar refractivity (Wildman–Crippen MR) is 88.2 cm³/mol. The summed E-state index contributed by atoms with van der Waals surface area (Å²) in [5, 5.41) is 12.5. The Morgan fingerprint density at radius 1 is 1.25 bits per heavy atom. The van der Waals surface area contributed by atoms with Crippen LogP contribution in [0.5, 0.6) is 5.75 Å². The Kier molecular flexibility index (Phi) is 4.81. The molecule has 2 aromatic carbocycles. The molecule has 0 aromatic heterocycles. The van der Waals surface area contributed by atoms with Gasteiger partial charge in [-0.05, 0) is 47.7 Å². The molecule has 4 nitrogen and oxygen atoms in total. The average molecular weight is 329 g/mol. The lowest BCUT2D eigenvalue weighted by Crippen LogP contribution is -2.32. The first-order valence-electron chi connectivity index (χ1n) is 7.93. The fourth-order valence-corrected chi connectivity index (χ4v) is 2.91. The zero-order valence-electron chi connectivity index (χ0n) is 13.4. The van der Waals surface area contributed by atoms with Crippen molar-refractivity contribution in [3.8, 4) is 5.75 Å². The quantitative estimate of drug-likeness (QED) is 0.857. The van der Waals surface area contributed by atoms with Crippen LogP contribution >= 0.6 is 0 Å². The molecular formula is C19H20FNO3. The second-order valence-electron chi connectivity index (χ2n) is 6.02. The number of rotatable bonds is 6. The molecule has 1 saturated carbocycles. The molecule has 0 radical (unpaired) electrons. The van der Waals surface area contributed by atoms with Crippen LogP contribution in [0.15, 0.2) is 48.5 Å². The third kappa shape index (κ3) is 3.57. The largest absolute Gasteiger partial charge is 0.497 e. The van der Waals surface area contributed by atoms with Gasteiger partial charge < -0.3 is 15.2 Å². The number of hydrogen-bond donors (Lipinski definition) is 2. The lowest BCUT2D eigenvalue weighted by atomic mass is 10.1. The zero-order valence-corrected chi connectivity index (χ0v) is 13.4. The smallest absolute Gasteiger partial charge is 0.224 e. The van der Waals surface area contributed by atoms with Gasteiger partial charge in [0.25, 0.3) is 0 Å². The summed E-state index contributed by atoms with van der Waals surface area (Å²) >= 11 is 0. The summed E-state index contributed by atoms with van der Waals surface area (Å²) in [4.78, 5) is 12.4. The highest BCUT2D eigenvalue weighted by Gasteiger charge is 2.44. The molecule has 3 atom stereocenters. The summed E-state index contributed by atoms with van der Waals surface area (Å²) in [5.41, 5.74) is 1.80. The summed E-state index contributed by atoms with van der Waals surface area (Å²) in [5.74, 6) is 0.364. The Morgan fingerprint density at radius 3 is 2.50 bits per heavy atom. The SMILES string of the molecule is COc1ccc(C(CO)NC(=O)C2CC2c2ccc(F)cc2)cc1. The van der Waals surface area contributed by atoms with E-state index in [0.717, 1.165) is 23.3 Å². The minimum atomic E-state index is -0.446. The molecule has 3 rings (SSSR count). The molecule has 1 aliphatic carbocycles. The number of methoxy groups -OCH3 is 1. The van der Waals surface area contributed by atoms with E-state index >= 15 is 0 Å². The van der Waals surface area contributed by atoms with E-state index in [1.807, 2.05) is 12.1 Å². The first-order valence-corrected chi connectivity index (χ1v) is 7.93. The summed E-state index contributed by atoms with van der Waals surface area (Å²) in [7, 11) is 1.59. The Labute approximate surface area is 140 Å². The van der Waals surface area contributed by atoms with E-state index < -0.39 is 6.04 Å². The Bertz CT molecular complexity index is 700. The maximum atomic E-state index is 13.0. The number of amides is 1. The van der Waals surface area contributed by atoms with E-state index in [1.54, 1.807) is 31.4 Å².